The minimum atomic E-state index is 0. The van der Waals surface area contributed by atoms with Gasteiger partial charge in [0, 0.05) is 82.8 Å². The predicted octanol–water partition coefficient (Wildman–Crippen LogP) is 31.2. The molecule has 0 saturated heterocycles. The van der Waals surface area contributed by atoms with Crippen molar-refractivity contribution in [1.82, 2.24) is 13.7 Å². The van der Waals surface area contributed by atoms with E-state index in [1.54, 1.807) is 29.8 Å². The van der Waals surface area contributed by atoms with E-state index in [4.69, 9.17) is 4.74 Å². The molecule has 0 saturated carbocycles. The van der Waals surface area contributed by atoms with Crippen LogP contribution in [0.2, 0.25) is 0 Å². The molecule has 14 heteroatoms. The second kappa shape index (κ2) is 46.3. The van der Waals surface area contributed by atoms with Crippen molar-refractivity contribution in [3.8, 4) is 82.9 Å². The molecule has 0 aliphatic rings. The number of rotatable bonds is 9. The van der Waals surface area contributed by atoms with Gasteiger partial charge in [0.25, 0.3) is 0 Å². The van der Waals surface area contributed by atoms with Crippen LogP contribution in [0.5, 0.6) is 34.5 Å². The Morgan fingerprint density at radius 2 is 0.425 bits per heavy atom. The summed E-state index contributed by atoms with van der Waals surface area (Å²) in [5.74, 6) is 3.38. The van der Waals surface area contributed by atoms with Crippen LogP contribution in [0.3, 0.4) is 0 Å². The van der Waals surface area contributed by atoms with E-state index in [2.05, 4.69) is 175 Å². The van der Waals surface area contributed by atoms with Gasteiger partial charge in [-0.3, -0.25) is 13.7 Å². The maximum atomic E-state index is 11.2. The summed E-state index contributed by atoms with van der Waals surface area (Å²) in [4.78, 5) is 0. The third kappa shape index (κ3) is 23.2. The Balaban J connectivity index is 0.000000149. The van der Waals surface area contributed by atoms with E-state index >= 15 is 0 Å². The molecule has 0 atom stereocenters. The summed E-state index contributed by atoms with van der Waals surface area (Å²) < 4.78 is 17.3. The van der Waals surface area contributed by atoms with Crippen LogP contribution in [0.25, 0.3) is 114 Å². The number of thiophene rings is 3. The number of aromatic hydroxyl groups is 3. The van der Waals surface area contributed by atoms with Crippen LogP contribution in [-0.2, 0) is 52.2 Å². The molecule has 0 aliphatic heterocycles. The van der Waals surface area contributed by atoms with Crippen LogP contribution in [-0.4, -0.2) is 50.4 Å². The zero-order valence-electron chi connectivity index (χ0n) is 71.1. The Hall–Kier alpha value is -13.8. The van der Waals surface area contributed by atoms with Crippen molar-refractivity contribution in [2.24, 2.45) is 0 Å². The minimum absolute atomic E-state index is 0. The molecule has 127 heavy (non-hydrogen) atoms. The van der Waals surface area contributed by atoms with Gasteiger partial charge in [-0.1, -0.05) is 188 Å². The smallest absolute Gasteiger partial charge is 0.713 e. The van der Waals surface area contributed by atoms with Gasteiger partial charge in [-0.05, 0) is 68.8 Å². The number of ether oxygens (including phenoxy) is 1. The van der Waals surface area contributed by atoms with Crippen LogP contribution < -0.4 is 4.74 Å². The fourth-order valence-electron chi connectivity index (χ4n) is 14.2. The summed E-state index contributed by atoms with van der Waals surface area (Å²) in [6.07, 6.45) is 0. The molecule has 0 radical (unpaired) electrons. The molecular formula is C113H97N3O6S3Ti2. The Morgan fingerprint density at radius 1 is 0.244 bits per heavy atom. The number of benzene rings is 15. The summed E-state index contributed by atoms with van der Waals surface area (Å²) in [6, 6.07) is 133. The first-order chi connectivity index (χ1) is 61.0. The van der Waals surface area contributed by atoms with Crippen molar-refractivity contribution in [3.63, 3.8) is 0 Å². The molecule has 9 nitrogen and oxygen atoms in total. The van der Waals surface area contributed by atoms with Crippen molar-refractivity contribution >= 4 is 99.4 Å². The fraction of sp³-hybridized carbons (Fsp3) is 0.0265. The normalized spacial score (nSPS) is 10.2. The maximum Gasteiger partial charge on any atom is 4.00 e. The van der Waals surface area contributed by atoms with Crippen LogP contribution >= 0.6 is 34.0 Å². The predicted molar refractivity (Wildman–Crippen MR) is 533 cm³/mol. The number of methoxy groups -OCH3 is 1. The van der Waals surface area contributed by atoms with E-state index < -0.39 is 0 Å². The molecule has 0 spiro atoms. The molecule has 0 amide bonds. The minimum Gasteiger partial charge on any atom is -0.713 e. The molecule has 626 valence electrons. The Bertz CT molecular complexity index is 6310. The largest absolute Gasteiger partial charge is 4.00 e. The summed E-state index contributed by atoms with van der Waals surface area (Å²) in [7, 11) is 13.2. The monoisotopic (exact) mass is 1780 g/mol. The molecule has 6 aromatic heterocycles. The topological polar surface area (TPSA) is 90.1 Å². The third-order valence-electron chi connectivity index (χ3n) is 20.1. The van der Waals surface area contributed by atoms with Gasteiger partial charge in [-0.25, -0.2) is 0 Å². The second-order valence-electron chi connectivity index (χ2n) is 28.9. The number of nitrogens with zero attached hydrogens (tertiary/aromatic N) is 3. The van der Waals surface area contributed by atoms with Crippen molar-refractivity contribution < 1.29 is 72.2 Å². The van der Waals surface area contributed by atoms with Crippen LogP contribution in [0.1, 0.15) is 33.4 Å². The molecule has 21 aromatic rings. The van der Waals surface area contributed by atoms with E-state index in [1.807, 2.05) is 334 Å². The van der Waals surface area contributed by atoms with Crippen molar-refractivity contribution in [2.75, 3.05) is 21.3 Å². The first kappa shape index (κ1) is 93.9. The first-order valence-electron chi connectivity index (χ1n) is 40.3. The summed E-state index contributed by atoms with van der Waals surface area (Å²) >= 11 is 4.62. The zero-order valence-corrected chi connectivity index (χ0v) is 76.7. The van der Waals surface area contributed by atoms with E-state index in [9.17, 15) is 15.3 Å². The second-order valence-corrected chi connectivity index (χ2v) is 31.5. The van der Waals surface area contributed by atoms with Gasteiger partial charge >= 0.3 is 43.4 Å². The maximum absolute atomic E-state index is 11.2. The van der Waals surface area contributed by atoms with Gasteiger partial charge in [-0.15, -0.1) is 107 Å². The molecule has 0 unspecified atom stereocenters. The SMILES string of the molecule is COc1ccccc1-c1csc(-n2c3ccccc3c3ccccc32)c1O.[CH2-][O+](C)c1ccccc1-c1csc(-n2c3ccccc3c3ccccc32)c1O.[CH2-][O+](C)c1ccccc1-c1csc(-n2c3ccccc3c3ccccc32)c1O.[CH2-]c1ccccc1.[CH2-]c1ccccc1.[CH2-]c1ccccc1.[CH2-]c1ccccc1.[CH2-]c1ccccc1.[CH2-]c1ccccc1.[Ti+2].[Ti+4]. The number of hydrogen-bond acceptors (Lipinski definition) is 7. The summed E-state index contributed by atoms with van der Waals surface area (Å²) in [5, 5.41) is 49.1. The molecule has 3 N–H and O–H groups in total. The van der Waals surface area contributed by atoms with Gasteiger partial charge in [0.05, 0.1) is 51.3 Å². The molecule has 21 rings (SSSR count). The average Bonchev–Trinajstić information content (AvgIpc) is 1.60. The standard InChI is InChI=1S/2C24H19NO2S.C23H17NO2S.6C7H7.2Ti/c2*1-27(2)22-14-8-5-11-18(22)19-15-28-24(23(19)26)25-20-12-6-3-9-16(20)17-10-4-7-13-21(17)25;1-26-21-13-7-4-10-17(21)18-14-27-23(22(18)25)24-19-11-5-2-8-15(19)16-9-3-6-12-20(16)24;6*1-7-5-3-2-4-6-7;;/h2*3-15,26H,1H2,2H3;2-14,25H,1H3;6*2-6H,1H2;;/q;;;6*-1;+2;+4. The number of para-hydroxylation sites is 9. The summed E-state index contributed by atoms with van der Waals surface area (Å²) in [6.45, 7) is 22.3. The molecule has 15 aromatic carbocycles. The van der Waals surface area contributed by atoms with Crippen molar-refractivity contribution in [2.45, 2.75) is 0 Å². The first-order valence-corrected chi connectivity index (χ1v) is 43.0. The number of aromatic nitrogens is 3. The van der Waals surface area contributed by atoms with E-state index in [0.717, 1.165) is 132 Å². The van der Waals surface area contributed by atoms with E-state index in [-0.39, 0.29) is 60.7 Å². The van der Waals surface area contributed by atoms with E-state index in [0.29, 0.717) is 0 Å². The Kier molecular flexibility index (Phi) is 34.2. The molecule has 0 aliphatic carbocycles. The summed E-state index contributed by atoms with van der Waals surface area (Å²) in [5.41, 5.74) is 18.1. The number of hydrogen-bond donors (Lipinski definition) is 3. The third-order valence-corrected chi connectivity index (χ3v) is 23.0. The molecule has 6 heterocycles. The van der Waals surface area contributed by atoms with Gasteiger partial charge < -0.3 is 28.8 Å². The van der Waals surface area contributed by atoms with Crippen LogP contribution in [0, 0.1) is 55.8 Å². The zero-order chi connectivity index (χ0) is 87.6. The van der Waals surface area contributed by atoms with E-state index in [1.165, 1.54) is 43.7 Å². The van der Waals surface area contributed by atoms with Crippen molar-refractivity contribution in [3.05, 3.63) is 506 Å². The fourth-order valence-corrected chi connectivity index (χ4v) is 17.2. The van der Waals surface area contributed by atoms with Crippen molar-refractivity contribution in [1.29, 1.82) is 0 Å². The van der Waals surface area contributed by atoms with Gasteiger partial charge in [0.1, 0.15) is 35.0 Å². The Labute approximate surface area is 788 Å². The van der Waals surface area contributed by atoms with Gasteiger partial charge in [0.2, 0.25) is 11.5 Å². The van der Waals surface area contributed by atoms with Gasteiger partial charge in [0.15, 0.2) is 17.2 Å². The number of fused-ring (bicyclic) bond motifs is 9. The Morgan fingerprint density at radius 3 is 0.630 bits per heavy atom. The van der Waals surface area contributed by atoms with Crippen LogP contribution in [0.4, 0.5) is 0 Å². The molecule has 0 bridgehead atoms. The quantitative estimate of drug-likeness (QED) is 0.0763. The average molecular weight is 1780 g/mol. The molecule has 0 fully saturated rings. The molecular weight excluding hydrogens is 1690 g/mol. The van der Waals surface area contributed by atoms with Gasteiger partial charge in [-0.2, -0.15) is 148 Å². The van der Waals surface area contributed by atoms with Crippen LogP contribution in [0.15, 0.2) is 417 Å².